The number of anilines is 1. The van der Waals surface area contributed by atoms with Crippen LogP contribution in [0.25, 0.3) is 11.8 Å². The number of carbonyl (C=O) groups is 3. The molecule has 0 radical (unpaired) electrons. The van der Waals surface area contributed by atoms with E-state index in [2.05, 4.69) is 28.9 Å². The summed E-state index contributed by atoms with van der Waals surface area (Å²) < 4.78 is 2.07. The number of nitrogens with zero attached hydrogens (tertiary/aromatic N) is 2. The first-order valence-corrected chi connectivity index (χ1v) is 11.1. The fraction of sp³-hybridized carbons (Fsp3) is 0.154. The number of aromatic nitrogens is 1. The van der Waals surface area contributed by atoms with Crippen LogP contribution in [-0.2, 0) is 16.0 Å². The smallest absolute Gasteiger partial charge is 0.335 e. The molecule has 3 aromatic rings. The zero-order valence-electron chi connectivity index (χ0n) is 19.0. The molecule has 1 fully saturated rings. The Balaban J connectivity index is 1.74. The Morgan fingerprint density at radius 1 is 1.06 bits per heavy atom. The molecule has 0 aliphatic carbocycles. The van der Waals surface area contributed by atoms with Crippen molar-refractivity contribution in [1.29, 1.82) is 0 Å². The minimum absolute atomic E-state index is 0.00756. The maximum absolute atomic E-state index is 13.3. The summed E-state index contributed by atoms with van der Waals surface area (Å²) in [5.74, 6) is -2.34. The lowest BCUT2D eigenvalue weighted by Crippen LogP contribution is -2.54. The van der Waals surface area contributed by atoms with E-state index in [0.717, 1.165) is 34.0 Å². The van der Waals surface area contributed by atoms with Crippen molar-refractivity contribution in [3.05, 3.63) is 88.2 Å². The van der Waals surface area contributed by atoms with E-state index in [4.69, 9.17) is 12.2 Å². The number of carboxylic acid groups (broad SMARTS) is 1. The van der Waals surface area contributed by atoms with Crippen molar-refractivity contribution in [3.8, 4) is 5.69 Å². The van der Waals surface area contributed by atoms with Gasteiger partial charge in [0.2, 0.25) is 0 Å². The van der Waals surface area contributed by atoms with Crippen molar-refractivity contribution in [1.82, 2.24) is 9.88 Å². The highest BCUT2D eigenvalue weighted by molar-refractivity contribution is 7.80. The van der Waals surface area contributed by atoms with E-state index in [1.54, 1.807) is 12.1 Å². The van der Waals surface area contributed by atoms with Gasteiger partial charge in [-0.1, -0.05) is 25.1 Å². The van der Waals surface area contributed by atoms with Gasteiger partial charge in [-0.25, -0.2) is 4.79 Å². The van der Waals surface area contributed by atoms with E-state index in [9.17, 15) is 19.5 Å². The molecular weight excluding hydrogens is 450 g/mol. The SMILES string of the molecule is CCc1ccc(-n2c(C)cc(C=C3C(=O)NC(=S)N(c4cccc(C(=O)O)c4)C3=O)c2C)cc1. The fourth-order valence-corrected chi connectivity index (χ4v) is 4.32. The molecule has 4 rings (SSSR count). The molecule has 1 aliphatic heterocycles. The number of benzene rings is 2. The van der Waals surface area contributed by atoms with Gasteiger partial charge in [0.1, 0.15) is 5.57 Å². The maximum Gasteiger partial charge on any atom is 0.335 e. The molecule has 34 heavy (non-hydrogen) atoms. The van der Waals surface area contributed by atoms with Crippen LogP contribution in [-0.4, -0.2) is 32.6 Å². The van der Waals surface area contributed by atoms with Gasteiger partial charge < -0.3 is 9.67 Å². The molecule has 0 unspecified atom stereocenters. The molecule has 2 aromatic carbocycles. The second-order valence-electron chi connectivity index (χ2n) is 8.00. The molecule has 0 bridgehead atoms. The number of hydrogen-bond acceptors (Lipinski definition) is 4. The molecule has 1 aliphatic rings. The third-order valence-electron chi connectivity index (χ3n) is 5.83. The molecule has 0 atom stereocenters. The van der Waals surface area contributed by atoms with Crippen LogP contribution < -0.4 is 10.2 Å². The van der Waals surface area contributed by atoms with Crippen molar-refractivity contribution in [2.45, 2.75) is 27.2 Å². The Hall–Kier alpha value is -4.04. The summed E-state index contributed by atoms with van der Waals surface area (Å²) in [4.78, 5) is 38.5. The van der Waals surface area contributed by atoms with Crippen LogP contribution in [0.15, 0.2) is 60.2 Å². The second kappa shape index (κ2) is 9.07. The van der Waals surface area contributed by atoms with Gasteiger partial charge in [-0.3, -0.25) is 19.8 Å². The van der Waals surface area contributed by atoms with Crippen molar-refractivity contribution in [2.24, 2.45) is 0 Å². The average molecular weight is 474 g/mol. The summed E-state index contributed by atoms with van der Waals surface area (Å²) in [7, 11) is 0. The number of thiocarbonyl (C=S) groups is 1. The topological polar surface area (TPSA) is 91.6 Å². The first kappa shape index (κ1) is 23.1. The van der Waals surface area contributed by atoms with E-state index in [0.29, 0.717) is 0 Å². The van der Waals surface area contributed by atoms with E-state index < -0.39 is 17.8 Å². The molecule has 0 spiro atoms. The van der Waals surface area contributed by atoms with Crippen molar-refractivity contribution < 1.29 is 19.5 Å². The molecule has 8 heteroatoms. The lowest BCUT2D eigenvalue weighted by atomic mass is 10.1. The number of hydrogen-bond donors (Lipinski definition) is 2. The quantitative estimate of drug-likeness (QED) is 0.329. The zero-order valence-corrected chi connectivity index (χ0v) is 19.8. The first-order valence-electron chi connectivity index (χ1n) is 10.7. The van der Waals surface area contributed by atoms with E-state index in [1.807, 2.05) is 32.0 Å². The van der Waals surface area contributed by atoms with Gasteiger partial charge in [0.05, 0.1) is 11.3 Å². The number of rotatable bonds is 5. The van der Waals surface area contributed by atoms with Crippen molar-refractivity contribution in [3.63, 3.8) is 0 Å². The van der Waals surface area contributed by atoms with Gasteiger partial charge in [-0.2, -0.15) is 0 Å². The standard InChI is InChI=1S/C26H23N3O4S/c1-4-17-8-10-20(11-9-17)28-15(2)12-19(16(28)3)14-22-23(30)27-26(34)29(24(22)31)21-7-5-6-18(13-21)25(32)33/h5-14H,4H2,1-3H3,(H,32,33)(H,27,30,34). The number of carbonyl (C=O) groups excluding carboxylic acids is 2. The van der Waals surface area contributed by atoms with Gasteiger partial charge in [-0.05, 0) is 86.1 Å². The molecular formula is C26H23N3O4S. The third kappa shape index (κ3) is 4.15. The first-order chi connectivity index (χ1) is 16.2. The Kier molecular flexibility index (Phi) is 6.17. The lowest BCUT2D eigenvalue weighted by molar-refractivity contribution is -0.122. The summed E-state index contributed by atoms with van der Waals surface area (Å²) in [5.41, 5.74) is 4.97. The second-order valence-corrected chi connectivity index (χ2v) is 8.38. The minimum atomic E-state index is -1.13. The molecule has 2 N–H and O–H groups in total. The normalized spacial score (nSPS) is 15.1. The van der Waals surface area contributed by atoms with E-state index in [-0.39, 0.29) is 21.9 Å². The highest BCUT2D eigenvalue weighted by Gasteiger charge is 2.35. The van der Waals surface area contributed by atoms with Crippen LogP contribution in [0.5, 0.6) is 0 Å². The number of aryl methyl sites for hydroxylation is 2. The van der Waals surface area contributed by atoms with Gasteiger partial charge in [0.15, 0.2) is 5.11 Å². The number of amides is 2. The Morgan fingerprint density at radius 2 is 1.76 bits per heavy atom. The van der Waals surface area contributed by atoms with Crippen LogP contribution in [0.3, 0.4) is 0 Å². The van der Waals surface area contributed by atoms with Crippen LogP contribution in [0, 0.1) is 13.8 Å². The monoisotopic (exact) mass is 473 g/mol. The molecule has 1 aromatic heterocycles. The minimum Gasteiger partial charge on any atom is -0.478 e. The zero-order chi connectivity index (χ0) is 24.6. The van der Waals surface area contributed by atoms with Gasteiger partial charge in [0, 0.05) is 17.1 Å². The Morgan fingerprint density at radius 3 is 2.41 bits per heavy atom. The summed E-state index contributed by atoms with van der Waals surface area (Å²) in [6, 6.07) is 16.0. The molecule has 2 heterocycles. The molecule has 7 nitrogen and oxygen atoms in total. The Labute approximate surface area is 202 Å². The highest BCUT2D eigenvalue weighted by atomic mass is 32.1. The molecule has 2 amide bonds. The summed E-state index contributed by atoms with van der Waals surface area (Å²) in [6.45, 7) is 5.99. The lowest BCUT2D eigenvalue weighted by Gasteiger charge is -2.29. The fourth-order valence-electron chi connectivity index (χ4n) is 4.04. The van der Waals surface area contributed by atoms with Crippen LogP contribution >= 0.6 is 12.2 Å². The van der Waals surface area contributed by atoms with Gasteiger partial charge in [0.25, 0.3) is 11.8 Å². The summed E-state index contributed by atoms with van der Waals surface area (Å²) in [6.07, 6.45) is 2.50. The predicted molar refractivity (Wildman–Crippen MR) is 134 cm³/mol. The maximum atomic E-state index is 13.3. The van der Waals surface area contributed by atoms with Gasteiger partial charge >= 0.3 is 5.97 Å². The average Bonchev–Trinajstić information content (AvgIpc) is 3.09. The van der Waals surface area contributed by atoms with Crippen LogP contribution in [0.2, 0.25) is 0 Å². The number of nitrogens with one attached hydrogen (secondary N) is 1. The highest BCUT2D eigenvalue weighted by Crippen LogP contribution is 2.26. The summed E-state index contributed by atoms with van der Waals surface area (Å²) in [5, 5.41) is 11.7. The molecule has 172 valence electrons. The van der Waals surface area contributed by atoms with Crippen molar-refractivity contribution >= 4 is 46.9 Å². The van der Waals surface area contributed by atoms with E-state index in [1.165, 1.54) is 23.8 Å². The van der Waals surface area contributed by atoms with Gasteiger partial charge in [-0.15, -0.1) is 0 Å². The predicted octanol–water partition coefficient (Wildman–Crippen LogP) is 4.19. The number of aromatic carboxylic acids is 1. The molecule has 0 saturated carbocycles. The summed E-state index contributed by atoms with van der Waals surface area (Å²) >= 11 is 5.22. The number of carboxylic acids is 1. The third-order valence-corrected chi connectivity index (χ3v) is 6.11. The van der Waals surface area contributed by atoms with Crippen LogP contribution in [0.1, 0.15) is 39.8 Å². The largest absolute Gasteiger partial charge is 0.478 e. The van der Waals surface area contributed by atoms with Crippen molar-refractivity contribution in [2.75, 3.05) is 4.90 Å². The molecule has 1 saturated heterocycles. The Bertz CT molecular complexity index is 1370. The van der Waals surface area contributed by atoms with Crippen LogP contribution in [0.4, 0.5) is 5.69 Å². The van der Waals surface area contributed by atoms with E-state index >= 15 is 0 Å².